The highest BCUT2D eigenvalue weighted by atomic mass is 32.2. The van der Waals surface area contributed by atoms with E-state index in [1.54, 1.807) is 0 Å². The molecule has 0 amide bonds. The minimum absolute atomic E-state index is 0.000564. The second kappa shape index (κ2) is 6.31. The first-order valence-corrected chi connectivity index (χ1v) is 7.44. The Bertz CT molecular complexity index is 372. The molecule has 0 bridgehead atoms. The Hall–Kier alpha value is -0.670. The van der Waals surface area contributed by atoms with E-state index in [1.807, 2.05) is 26.0 Å². The molecule has 0 aromatic heterocycles. The lowest BCUT2D eigenvalue weighted by molar-refractivity contribution is 0.610. The van der Waals surface area contributed by atoms with Crippen molar-refractivity contribution in [2.45, 2.75) is 56.2 Å². The highest BCUT2D eigenvalue weighted by Gasteiger charge is 2.19. The van der Waals surface area contributed by atoms with Gasteiger partial charge in [-0.2, -0.15) is 0 Å². The summed E-state index contributed by atoms with van der Waals surface area (Å²) in [6, 6.07) is 8.04. The average molecular weight is 253 g/mol. The second-order valence-corrected chi connectivity index (χ2v) is 6.61. The Kier molecular flexibility index (Phi) is 5.34. The first-order chi connectivity index (χ1) is 7.97. The highest BCUT2D eigenvalue weighted by molar-refractivity contribution is 7.85. The predicted molar refractivity (Wildman–Crippen MR) is 74.7 cm³/mol. The monoisotopic (exact) mass is 253 g/mol. The van der Waals surface area contributed by atoms with Crippen molar-refractivity contribution in [1.29, 1.82) is 0 Å². The van der Waals surface area contributed by atoms with Gasteiger partial charge in [-0.25, -0.2) is 0 Å². The molecular weight excluding hydrogens is 230 g/mol. The molecule has 0 heterocycles. The molecule has 3 heteroatoms. The number of hydrogen-bond acceptors (Lipinski definition) is 2. The fourth-order valence-electron chi connectivity index (χ4n) is 1.69. The van der Waals surface area contributed by atoms with Crippen LogP contribution in [0.25, 0.3) is 0 Å². The van der Waals surface area contributed by atoms with Crippen LogP contribution >= 0.6 is 0 Å². The van der Waals surface area contributed by atoms with Crippen molar-refractivity contribution in [3.8, 4) is 0 Å². The summed E-state index contributed by atoms with van der Waals surface area (Å²) in [5.41, 5.74) is 7.22. The van der Waals surface area contributed by atoms with E-state index in [1.165, 1.54) is 5.56 Å². The summed E-state index contributed by atoms with van der Waals surface area (Å²) in [5, 5.41) is 0.00454. The van der Waals surface area contributed by atoms with E-state index in [0.717, 1.165) is 11.3 Å². The molecule has 2 N–H and O–H groups in total. The largest absolute Gasteiger partial charge is 0.327 e. The standard InChI is InChI=1S/C14H23NOS/c1-5-14(15)11(4)17(16)13-8-6-12(7-9-13)10(2)3/h6-11,14H,5,15H2,1-4H3. The van der Waals surface area contributed by atoms with Crippen LogP contribution in [0.15, 0.2) is 29.2 Å². The molecule has 2 nitrogen and oxygen atoms in total. The molecule has 1 rings (SSSR count). The minimum atomic E-state index is -1.00. The lowest BCUT2D eigenvalue weighted by Crippen LogP contribution is -2.34. The number of hydrogen-bond donors (Lipinski definition) is 1. The lowest BCUT2D eigenvalue weighted by Gasteiger charge is -2.18. The van der Waals surface area contributed by atoms with Crippen molar-refractivity contribution >= 4 is 10.8 Å². The van der Waals surface area contributed by atoms with Gasteiger partial charge in [-0.1, -0.05) is 32.9 Å². The van der Waals surface area contributed by atoms with Crippen molar-refractivity contribution in [2.75, 3.05) is 0 Å². The molecule has 3 atom stereocenters. The molecule has 0 saturated carbocycles. The fraction of sp³-hybridized carbons (Fsp3) is 0.571. The predicted octanol–water partition coefficient (Wildman–Crippen LogP) is 3.04. The maximum Gasteiger partial charge on any atom is 0.0573 e. The van der Waals surface area contributed by atoms with Crippen LogP contribution in [0.1, 0.15) is 45.6 Å². The third-order valence-electron chi connectivity index (χ3n) is 3.19. The van der Waals surface area contributed by atoms with Crippen molar-refractivity contribution in [2.24, 2.45) is 5.73 Å². The molecule has 0 aliphatic rings. The van der Waals surface area contributed by atoms with Gasteiger partial charge < -0.3 is 5.73 Å². The Labute approximate surface area is 107 Å². The van der Waals surface area contributed by atoms with E-state index >= 15 is 0 Å². The smallest absolute Gasteiger partial charge is 0.0573 e. The van der Waals surface area contributed by atoms with Crippen LogP contribution in [0.2, 0.25) is 0 Å². The summed E-state index contributed by atoms with van der Waals surface area (Å²) in [6.45, 7) is 8.30. The van der Waals surface area contributed by atoms with Gasteiger partial charge in [0.1, 0.15) is 0 Å². The van der Waals surface area contributed by atoms with Gasteiger partial charge in [-0.05, 0) is 37.0 Å². The summed E-state index contributed by atoms with van der Waals surface area (Å²) < 4.78 is 12.3. The maximum atomic E-state index is 12.3. The van der Waals surface area contributed by atoms with Crippen molar-refractivity contribution < 1.29 is 4.21 Å². The molecule has 0 aliphatic heterocycles. The number of nitrogens with two attached hydrogens (primary N) is 1. The van der Waals surface area contributed by atoms with E-state index in [9.17, 15) is 4.21 Å². The fourth-order valence-corrected chi connectivity index (χ4v) is 3.04. The number of rotatable bonds is 5. The van der Waals surface area contributed by atoms with Gasteiger partial charge in [-0.3, -0.25) is 4.21 Å². The zero-order valence-corrected chi connectivity index (χ0v) is 12.0. The van der Waals surface area contributed by atoms with Gasteiger partial charge in [0, 0.05) is 10.9 Å². The third-order valence-corrected chi connectivity index (χ3v) is 4.95. The van der Waals surface area contributed by atoms with Gasteiger partial charge in [0.15, 0.2) is 0 Å². The lowest BCUT2D eigenvalue weighted by atomic mass is 10.0. The normalized spacial score (nSPS) is 16.8. The first-order valence-electron chi connectivity index (χ1n) is 6.23. The van der Waals surface area contributed by atoms with Gasteiger partial charge >= 0.3 is 0 Å². The van der Waals surface area contributed by atoms with E-state index in [0.29, 0.717) is 5.92 Å². The Morgan fingerprint density at radius 1 is 1.18 bits per heavy atom. The molecule has 3 unspecified atom stereocenters. The van der Waals surface area contributed by atoms with Crippen molar-refractivity contribution in [3.05, 3.63) is 29.8 Å². The quantitative estimate of drug-likeness (QED) is 0.876. The second-order valence-electron chi connectivity index (χ2n) is 4.80. The molecule has 0 spiro atoms. The molecule has 0 fully saturated rings. The molecule has 0 radical (unpaired) electrons. The molecular formula is C14H23NOS. The van der Waals surface area contributed by atoms with Crippen LogP contribution in [0.4, 0.5) is 0 Å². The average Bonchev–Trinajstić information content (AvgIpc) is 2.36. The first kappa shape index (κ1) is 14.4. The topological polar surface area (TPSA) is 43.1 Å². The molecule has 1 aromatic rings. The molecule has 0 saturated heterocycles. The summed E-state index contributed by atoms with van der Waals surface area (Å²) in [6.07, 6.45) is 0.858. The zero-order valence-electron chi connectivity index (χ0n) is 11.1. The van der Waals surface area contributed by atoms with E-state index < -0.39 is 10.8 Å². The van der Waals surface area contributed by atoms with Crippen LogP contribution in [0.5, 0.6) is 0 Å². The zero-order chi connectivity index (χ0) is 13.0. The highest BCUT2D eigenvalue weighted by Crippen LogP contribution is 2.19. The number of benzene rings is 1. The van der Waals surface area contributed by atoms with Gasteiger partial charge in [-0.15, -0.1) is 0 Å². The van der Waals surface area contributed by atoms with Crippen LogP contribution in [0, 0.1) is 0 Å². The van der Waals surface area contributed by atoms with Gasteiger partial charge in [0.25, 0.3) is 0 Å². The molecule has 17 heavy (non-hydrogen) atoms. The summed E-state index contributed by atoms with van der Waals surface area (Å²) in [5.74, 6) is 0.507. The van der Waals surface area contributed by atoms with Crippen LogP contribution in [-0.4, -0.2) is 15.5 Å². The van der Waals surface area contributed by atoms with Crippen molar-refractivity contribution in [3.63, 3.8) is 0 Å². The third kappa shape index (κ3) is 3.65. The van der Waals surface area contributed by atoms with Crippen molar-refractivity contribution in [1.82, 2.24) is 0 Å². The summed E-state index contributed by atoms with van der Waals surface area (Å²) in [4.78, 5) is 0.880. The van der Waals surface area contributed by atoms with Gasteiger partial charge in [0.05, 0.1) is 16.0 Å². The minimum Gasteiger partial charge on any atom is -0.327 e. The SMILES string of the molecule is CCC(N)C(C)S(=O)c1ccc(C(C)C)cc1. The summed E-state index contributed by atoms with van der Waals surface area (Å²) >= 11 is 0. The Balaban J connectivity index is 2.83. The maximum absolute atomic E-state index is 12.3. The molecule has 0 aliphatic carbocycles. The van der Waals surface area contributed by atoms with E-state index in [4.69, 9.17) is 5.73 Å². The van der Waals surface area contributed by atoms with E-state index in [2.05, 4.69) is 26.0 Å². The molecule has 96 valence electrons. The van der Waals surface area contributed by atoms with Crippen LogP contribution < -0.4 is 5.73 Å². The summed E-state index contributed by atoms with van der Waals surface area (Å²) in [7, 11) is -1.00. The van der Waals surface area contributed by atoms with Crippen LogP contribution in [-0.2, 0) is 10.8 Å². The van der Waals surface area contributed by atoms with Gasteiger partial charge in [0.2, 0.25) is 0 Å². The Morgan fingerprint density at radius 2 is 1.71 bits per heavy atom. The Morgan fingerprint density at radius 3 is 2.12 bits per heavy atom. The van der Waals surface area contributed by atoms with Crippen LogP contribution in [0.3, 0.4) is 0 Å². The van der Waals surface area contributed by atoms with E-state index in [-0.39, 0.29) is 11.3 Å². The molecule has 1 aromatic carbocycles.